The summed E-state index contributed by atoms with van der Waals surface area (Å²) in [7, 11) is 0. The van der Waals surface area contributed by atoms with Gasteiger partial charge in [-0.2, -0.15) is 0 Å². The molecule has 1 aromatic carbocycles. The molecule has 0 atom stereocenters. The predicted molar refractivity (Wildman–Crippen MR) is 88.8 cm³/mol. The van der Waals surface area contributed by atoms with E-state index in [0.29, 0.717) is 10.4 Å². The molecule has 0 aliphatic heterocycles. The van der Waals surface area contributed by atoms with Crippen LogP contribution in [-0.2, 0) is 9.53 Å². The predicted octanol–water partition coefficient (Wildman–Crippen LogP) is 3.52. The lowest BCUT2D eigenvalue weighted by Gasteiger charge is -2.07. The molecule has 1 heterocycles. The van der Waals surface area contributed by atoms with Gasteiger partial charge in [0.05, 0.1) is 8.71 Å². The number of esters is 1. The van der Waals surface area contributed by atoms with E-state index in [1.807, 2.05) is 0 Å². The number of nitrogens with one attached hydrogen (secondary N) is 1. The summed E-state index contributed by atoms with van der Waals surface area (Å²) in [5, 5.41) is 13.3. The Morgan fingerprint density at radius 3 is 2.70 bits per heavy atom. The van der Waals surface area contributed by atoms with Crippen molar-refractivity contribution >= 4 is 50.5 Å². The van der Waals surface area contributed by atoms with Crippen molar-refractivity contribution in [2.45, 2.75) is 6.92 Å². The minimum Gasteiger partial charge on any atom is -0.451 e. The maximum absolute atomic E-state index is 11.8. The molecule has 0 radical (unpaired) electrons. The molecular formula is C14H11BrN2O5S. The number of benzene rings is 1. The van der Waals surface area contributed by atoms with Crippen LogP contribution in [0.1, 0.15) is 15.2 Å². The molecule has 0 spiro atoms. The maximum Gasteiger partial charge on any atom is 0.348 e. The molecule has 1 aromatic heterocycles. The fourth-order valence-corrected chi connectivity index (χ4v) is 2.99. The third kappa shape index (κ3) is 4.60. The van der Waals surface area contributed by atoms with Crippen molar-refractivity contribution < 1.29 is 19.2 Å². The van der Waals surface area contributed by atoms with Crippen LogP contribution in [0.25, 0.3) is 0 Å². The Kier molecular flexibility index (Phi) is 5.45. The van der Waals surface area contributed by atoms with Gasteiger partial charge in [0.1, 0.15) is 10.6 Å². The van der Waals surface area contributed by atoms with Gasteiger partial charge in [0, 0.05) is 6.07 Å². The Balaban J connectivity index is 1.97. The molecule has 0 unspecified atom stereocenters. The quantitative estimate of drug-likeness (QED) is 0.471. The molecule has 0 saturated heterocycles. The molecule has 2 aromatic rings. The van der Waals surface area contributed by atoms with Gasteiger partial charge in [-0.25, -0.2) is 4.79 Å². The van der Waals surface area contributed by atoms with Crippen LogP contribution in [0.2, 0.25) is 0 Å². The number of aryl methyl sites for hydroxylation is 1. The van der Waals surface area contributed by atoms with Crippen molar-refractivity contribution in [2.75, 3.05) is 11.9 Å². The molecule has 2 rings (SSSR count). The first kappa shape index (κ1) is 17.1. The summed E-state index contributed by atoms with van der Waals surface area (Å²) in [6, 6.07) is 7.68. The van der Waals surface area contributed by atoms with Gasteiger partial charge >= 0.3 is 5.97 Å². The first-order chi connectivity index (χ1) is 10.9. The highest BCUT2D eigenvalue weighted by Gasteiger charge is 2.17. The second kappa shape index (κ2) is 7.34. The number of amides is 1. The normalized spacial score (nSPS) is 10.2. The Morgan fingerprint density at radius 2 is 2.09 bits per heavy atom. The van der Waals surface area contributed by atoms with Crippen molar-refractivity contribution in [3.05, 3.63) is 54.7 Å². The van der Waals surface area contributed by atoms with E-state index < -0.39 is 23.4 Å². The van der Waals surface area contributed by atoms with Crippen LogP contribution < -0.4 is 5.32 Å². The molecule has 0 saturated carbocycles. The number of nitrogens with zero attached hydrogens (tertiary/aromatic N) is 1. The van der Waals surface area contributed by atoms with Gasteiger partial charge in [0.25, 0.3) is 11.6 Å². The first-order valence-electron chi connectivity index (χ1n) is 6.34. The molecule has 0 bridgehead atoms. The van der Waals surface area contributed by atoms with Crippen LogP contribution >= 0.6 is 27.3 Å². The number of hydrogen-bond acceptors (Lipinski definition) is 6. The lowest BCUT2D eigenvalue weighted by atomic mass is 10.2. The fraction of sp³-hybridized carbons (Fsp3) is 0.143. The highest BCUT2D eigenvalue weighted by atomic mass is 79.9. The minimum atomic E-state index is -0.652. The van der Waals surface area contributed by atoms with Crippen molar-refractivity contribution in [1.29, 1.82) is 0 Å². The van der Waals surface area contributed by atoms with Crippen LogP contribution in [0.3, 0.4) is 0 Å². The van der Waals surface area contributed by atoms with E-state index in [1.54, 1.807) is 25.1 Å². The Morgan fingerprint density at radius 1 is 1.35 bits per heavy atom. The zero-order valence-electron chi connectivity index (χ0n) is 11.9. The van der Waals surface area contributed by atoms with E-state index in [4.69, 9.17) is 4.74 Å². The second-order valence-corrected chi connectivity index (χ2v) is 6.97. The topological polar surface area (TPSA) is 98.5 Å². The Bertz CT molecular complexity index is 774. The zero-order valence-corrected chi connectivity index (χ0v) is 14.3. The molecule has 0 aliphatic carbocycles. The number of hydrogen-bond donors (Lipinski definition) is 1. The van der Waals surface area contributed by atoms with Gasteiger partial charge in [-0.1, -0.05) is 6.07 Å². The van der Waals surface area contributed by atoms with Gasteiger partial charge < -0.3 is 10.1 Å². The number of carbonyl (C=O) groups is 2. The van der Waals surface area contributed by atoms with Crippen molar-refractivity contribution in [3.8, 4) is 0 Å². The van der Waals surface area contributed by atoms with Crippen molar-refractivity contribution in [1.82, 2.24) is 0 Å². The molecule has 0 aliphatic rings. The molecular weight excluding hydrogens is 388 g/mol. The van der Waals surface area contributed by atoms with E-state index in [1.165, 1.54) is 23.5 Å². The number of anilines is 1. The number of nitro groups is 1. The number of nitro benzene ring substituents is 1. The largest absolute Gasteiger partial charge is 0.451 e. The number of carbonyl (C=O) groups excluding carboxylic acids is 2. The molecule has 23 heavy (non-hydrogen) atoms. The summed E-state index contributed by atoms with van der Waals surface area (Å²) in [6.45, 7) is 1.18. The molecule has 0 fully saturated rings. The fourth-order valence-electron chi connectivity index (χ4n) is 1.71. The molecule has 1 amide bonds. The highest BCUT2D eigenvalue weighted by Crippen LogP contribution is 2.25. The van der Waals surface area contributed by atoms with Gasteiger partial charge in [-0.3, -0.25) is 14.9 Å². The Hall–Kier alpha value is -2.26. The van der Waals surface area contributed by atoms with Crippen LogP contribution in [-0.4, -0.2) is 23.4 Å². The van der Waals surface area contributed by atoms with E-state index in [0.717, 1.165) is 3.79 Å². The van der Waals surface area contributed by atoms with Gasteiger partial charge in [0.15, 0.2) is 6.61 Å². The van der Waals surface area contributed by atoms with E-state index in [9.17, 15) is 19.7 Å². The summed E-state index contributed by atoms with van der Waals surface area (Å²) in [4.78, 5) is 34.3. The van der Waals surface area contributed by atoms with Crippen molar-refractivity contribution in [3.63, 3.8) is 0 Å². The van der Waals surface area contributed by atoms with Gasteiger partial charge in [-0.05, 0) is 46.6 Å². The summed E-state index contributed by atoms with van der Waals surface area (Å²) in [5.41, 5.74) is 0.539. The molecule has 7 nitrogen and oxygen atoms in total. The van der Waals surface area contributed by atoms with E-state index in [2.05, 4.69) is 21.2 Å². The van der Waals surface area contributed by atoms with Crippen LogP contribution in [0.5, 0.6) is 0 Å². The molecule has 9 heteroatoms. The third-order valence-corrected chi connectivity index (χ3v) is 4.34. The van der Waals surface area contributed by atoms with E-state index in [-0.39, 0.29) is 11.4 Å². The zero-order chi connectivity index (χ0) is 17.0. The smallest absolute Gasteiger partial charge is 0.348 e. The lowest BCUT2D eigenvalue weighted by Crippen LogP contribution is -2.21. The number of rotatable bonds is 5. The highest BCUT2D eigenvalue weighted by molar-refractivity contribution is 9.11. The number of ether oxygens (including phenoxy) is 1. The summed E-state index contributed by atoms with van der Waals surface area (Å²) >= 11 is 4.40. The van der Waals surface area contributed by atoms with Crippen LogP contribution in [0, 0.1) is 17.0 Å². The molecule has 120 valence electrons. The average molecular weight is 399 g/mol. The van der Waals surface area contributed by atoms with Crippen LogP contribution in [0.4, 0.5) is 11.4 Å². The average Bonchev–Trinajstić information content (AvgIpc) is 2.93. The van der Waals surface area contributed by atoms with Crippen molar-refractivity contribution in [2.24, 2.45) is 0 Å². The van der Waals surface area contributed by atoms with Gasteiger partial charge in [0.2, 0.25) is 0 Å². The minimum absolute atomic E-state index is 0.0560. The third-order valence-electron chi connectivity index (χ3n) is 2.73. The second-order valence-electron chi connectivity index (χ2n) is 4.51. The number of halogens is 1. The summed E-state index contributed by atoms with van der Waals surface area (Å²) in [5.74, 6) is -1.28. The van der Waals surface area contributed by atoms with E-state index >= 15 is 0 Å². The maximum atomic E-state index is 11.8. The number of thiophene rings is 1. The summed E-state index contributed by atoms with van der Waals surface area (Å²) in [6.07, 6.45) is 0. The summed E-state index contributed by atoms with van der Waals surface area (Å²) < 4.78 is 5.64. The SMILES string of the molecule is Cc1ccc(NC(=O)COC(=O)c2ccc(Br)s2)c([N+](=O)[O-])c1. The molecule has 1 N–H and O–H groups in total. The van der Waals surface area contributed by atoms with Crippen LogP contribution in [0.15, 0.2) is 34.1 Å². The van der Waals surface area contributed by atoms with Gasteiger partial charge in [-0.15, -0.1) is 11.3 Å². The standard InChI is InChI=1S/C14H11BrN2O5S/c1-8-2-3-9(10(6-8)17(20)21)16-13(18)7-22-14(19)11-4-5-12(15)23-11/h2-6H,7H2,1H3,(H,16,18). The first-order valence-corrected chi connectivity index (χ1v) is 7.95. The lowest BCUT2D eigenvalue weighted by molar-refractivity contribution is -0.384. The monoisotopic (exact) mass is 398 g/mol. The Labute approximate surface area is 143 Å².